The van der Waals surface area contributed by atoms with E-state index in [9.17, 15) is 20.4 Å². The fraction of sp³-hybridized carbons (Fsp3) is 0.758. The monoisotopic (exact) mass is 1050 g/mol. The van der Waals surface area contributed by atoms with Crippen molar-refractivity contribution in [2.24, 2.45) is 80.3 Å². The SMILES string of the molecule is CC1(C)O[C@H]2[C@@]3(C[C@@H](CO)C4(CCCC4)C3)C(=O)OC[C@@]23[C@@H]1C(=O)[C@@H](O)[C@]1([C@H]2CCC[C@@H](Cc4ccccc4)C2)[C@@H]3CC[C@@]2(C)[C@H](c3ccoc3C[C@@H]([C@H]3CC[C@H]4[C@H](C=CN5CNC[C@H]45)C3)[C@H](O)CO)OC(=O)[C@H]3O[C@@]312. The van der Waals surface area contributed by atoms with Gasteiger partial charge in [0.15, 0.2) is 11.9 Å². The number of aliphatic hydroxyl groups is 4. The molecule has 1 aromatic carbocycles. The molecule has 0 radical (unpaired) electrons. The van der Waals surface area contributed by atoms with Crippen LogP contribution in [-0.2, 0) is 46.2 Å². The quantitative estimate of drug-likeness (QED) is 0.120. The molecule has 11 fully saturated rings. The summed E-state index contributed by atoms with van der Waals surface area (Å²) in [6.45, 7) is 7.45. The number of nitrogens with one attached hydrogen (secondary N) is 1. The van der Waals surface area contributed by atoms with E-state index in [1.807, 2.05) is 26.0 Å². The zero-order valence-electron chi connectivity index (χ0n) is 44.9. The van der Waals surface area contributed by atoms with Gasteiger partial charge in [-0.15, -0.1) is 0 Å². The first-order chi connectivity index (χ1) is 36.6. The molecule has 6 saturated carbocycles. The van der Waals surface area contributed by atoms with Crippen LogP contribution in [0.3, 0.4) is 0 Å². The number of epoxide rings is 1. The van der Waals surface area contributed by atoms with E-state index < -0.39 is 81.2 Å². The Hall–Kier alpha value is -3.63. The number of esters is 2. The molecule has 14 nitrogen and oxygen atoms in total. The number of rotatable bonds is 10. The Kier molecular flexibility index (Phi) is 11.8. The molecule has 20 atom stereocenters. The van der Waals surface area contributed by atoms with Crippen LogP contribution < -0.4 is 5.32 Å². The Balaban J connectivity index is 0.887. The van der Waals surface area contributed by atoms with Crippen molar-refractivity contribution in [2.75, 3.05) is 33.0 Å². The fourth-order valence-corrected chi connectivity index (χ4v) is 21.8. The maximum absolute atomic E-state index is 16.3. The highest BCUT2D eigenvalue weighted by Crippen LogP contribution is 2.84. The van der Waals surface area contributed by atoms with Crippen molar-refractivity contribution in [3.8, 4) is 0 Å². The summed E-state index contributed by atoms with van der Waals surface area (Å²) in [6.07, 6.45) is 14.2. The van der Waals surface area contributed by atoms with E-state index in [2.05, 4.69) is 53.7 Å². The third-order valence-corrected chi connectivity index (χ3v) is 24.5. The van der Waals surface area contributed by atoms with Gasteiger partial charge < -0.3 is 48.7 Å². The Labute approximate surface area is 447 Å². The molecule has 0 amide bonds. The van der Waals surface area contributed by atoms with Gasteiger partial charge in [0.25, 0.3) is 0 Å². The van der Waals surface area contributed by atoms with E-state index in [1.54, 1.807) is 6.26 Å². The molecular formula is C62H82N2O12. The molecular weight excluding hydrogens is 965 g/mol. The number of Topliss-reactive ketones (excluding diaryl/α,β-unsaturated/α-hetero) is 1. The largest absolute Gasteiger partial charge is 0.469 e. The number of aliphatic hydroxyl groups excluding tert-OH is 4. The lowest BCUT2D eigenvalue weighted by atomic mass is 9.32. The van der Waals surface area contributed by atoms with Crippen LogP contribution in [0.5, 0.6) is 0 Å². The van der Waals surface area contributed by atoms with Crippen molar-refractivity contribution in [2.45, 2.75) is 178 Å². The highest BCUT2D eigenvalue weighted by Gasteiger charge is 2.94. The first-order valence-electron chi connectivity index (χ1n) is 29.7. The molecule has 0 bridgehead atoms. The van der Waals surface area contributed by atoms with Gasteiger partial charge in [-0.25, -0.2) is 4.79 Å². The number of fused-ring (bicyclic) bond motifs is 5. The number of hydrogen-bond donors (Lipinski definition) is 5. The normalized spacial score (nSPS) is 47.0. The van der Waals surface area contributed by atoms with Gasteiger partial charge in [0, 0.05) is 47.4 Å². The zero-order chi connectivity index (χ0) is 52.4. The number of carbonyl (C=O) groups is 3. The molecule has 1 aromatic heterocycles. The summed E-state index contributed by atoms with van der Waals surface area (Å²) in [7, 11) is 0. The molecule has 412 valence electrons. The van der Waals surface area contributed by atoms with Gasteiger partial charge in [0.05, 0.1) is 48.7 Å². The van der Waals surface area contributed by atoms with E-state index in [4.69, 9.17) is 23.4 Å². The van der Waals surface area contributed by atoms with Crippen LogP contribution in [0.25, 0.3) is 0 Å². The number of benzene rings is 1. The van der Waals surface area contributed by atoms with E-state index in [-0.39, 0.29) is 66.6 Å². The number of allylic oxidation sites excluding steroid dienone is 1. The second-order valence-corrected chi connectivity index (χ2v) is 27.8. The summed E-state index contributed by atoms with van der Waals surface area (Å²) in [4.78, 5) is 49.0. The molecule has 4 spiro atoms. The van der Waals surface area contributed by atoms with Crippen molar-refractivity contribution < 1.29 is 58.2 Å². The molecule has 5 saturated heterocycles. The predicted octanol–water partition coefficient (Wildman–Crippen LogP) is 7.00. The van der Waals surface area contributed by atoms with Gasteiger partial charge in [-0.1, -0.05) is 69.0 Å². The van der Waals surface area contributed by atoms with Crippen LogP contribution in [-0.4, -0.2) is 118 Å². The summed E-state index contributed by atoms with van der Waals surface area (Å²) >= 11 is 0. The molecule has 2 aromatic rings. The van der Waals surface area contributed by atoms with Crippen molar-refractivity contribution in [1.82, 2.24) is 10.2 Å². The van der Waals surface area contributed by atoms with Crippen LogP contribution in [0.1, 0.15) is 140 Å². The number of hydrogen-bond acceptors (Lipinski definition) is 14. The molecule has 0 unspecified atom stereocenters. The number of ketones is 1. The minimum Gasteiger partial charge on any atom is -0.469 e. The summed E-state index contributed by atoms with van der Waals surface area (Å²) < 4.78 is 34.7. The van der Waals surface area contributed by atoms with Gasteiger partial charge in [-0.2, -0.15) is 0 Å². The highest BCUT2D eigenvalue weighted by atomic mass is 16.7. The van der Waals surface area contributed by atoms with Crippen LogP contribution in [0, 0.1) is 80.3 Å². The number of ether oxygens (including phenoxy) is 4. The van der Waals surface area contributed by atoms with E-state index in [1.165, 1.54) is 5.56 Å². The molecule has 12 aliphatic rings. The summed E-state index contributed by atoms with van der Waals surface area (Å²) in [6, 6.07) is 12.9. The van der Waals surface area contributed by atoms with E-state index in [0.717, 1.165) is 83.8 Å². The van der Waals surface area contributed by atoms with Gasteiger partial charge in [-0.05, 0) is 161 Å². The average Bonchev–Trinajstić information content (AvgIpc) is 2.29. The van der Waals surface area contributed by atoms with Gasteiger partial charge in [0.1, 0.15) is 30.2 Å². The lowest BCUT2D eigenvalue weighted by Crippen LogP contribution is -2.80. The van der Waals surface area contributed by atoms with Crippen LogP contribution in [0.15, 0.2) is 59.4 Å². The minimum absolute atomic E-state index is 0.0334. The lowest BCUT2D eigenvalue weighted by molar-refractivity contribution is -0.286. The Morgan fingerprint density at radius 3 is 2.51 bits per heavy atom. The second kappa shape index (κ2) is 17.7. The Morgan fingerprint density at radius 2 is 1.72 bits per heavy atom. The molecule has 14 heteroatoms. The second-order valence-electron chi connectivity index (χ2n) is 27.8. The van der Waals surface area contributed by atoms with Gasteiger partial charge in [0.2, 0.25) is 0 Å². The van der Waals surface area contributed by atoms with Crippen molar-refractivity contribution in [1.29, 1.82) is 0 Å². The topological polar surface area (TPSA) is 201 Å². The highest BCUT2D eigenvalue weighted by molar-refractivity contribution is 5.93. The summed E-state index contributed by atoms with van der Waals surface area (Å²) in [5, 5.41) is 51.0. The van der Waals surface area contributed by atoms with Gasteiger partial charge >= 0.3 is 11.9 Å². The average molecular weight is 1050 g/mol. The lowest BCUT2D eigenvalue weighted by Gasteiger charge is -2.70. The third-order valence-electron chi connectivity index (χ3n) is 24.5. The predicted molar refractivity (Wildman–Crippen MR) is 276 cm³/mol. The van der Waals surface area contributed by atoms with Crippen LogP contribution in [0.2, 0.25) is 0 Å². The number of furan rings is 1. The van der Waals surface area contributed by atoms with E-state index >= 15 is 14.4 Å². The van der Waals surface area contributed by atoms with Gasteiger partial charge in [-0.3, -0.25) is 14.9 Å². The van der Waals surface area contributed by atoms with E-state index in [0.29, 0.717) is 67.7 Å². The van der Waals surface area contributed by atoms with Crippen molar-refractivity contribution in [3.05, 3.63) is 71.8 Å². The third kappa shape index (κ3) is 6.61. The maximum atomic E-state index is 16.3. The fourth-order valence-electron chi connectivity index (χ4n) is 21.8. The molecule has 5 N–H and O–H groups in total. The molecule has 7 heterocycles. The minimum atomic E-state index is -1.53. The standard InChI is InChI=1S/C62H82N2O12/c1-56(2)49-48(68)50(69)61(39-13-9-12-36(25-39)24-35-10-5-4-6-11-35)47(60(49)33-73-55(71)59(54(60)76-56)28-40(30-65)58(32-59)19-7-8-20-58)16-21-57(3)51(74-53(70)52-62(57,61)75-52)42-18-23-72-46(42)27-43(45(67)31-66)37-14-15-41-38(26-37)17-22-64-34-63-29-44(41)64/h4-6,10-11,17-18,22-23,36-41,43-45,47,49-52,54,63,65-67,69H,7-9,12-16,19-21,24-34H2,1-3H3/t36-,37-,38+,39-,40-,41-,43-,44+,45+,47+,49+,50+,51-,52+,54-,57-,59-,60+,61-,62+/m0/s1. The maximum Gasteiger partial charge on any atom is 0.339 e. The summed E-state index contributed by atoms with van der Waals surface area (Å²) in [5.41, 5.74) is -5.24. The number of cyclic esters (lactones) is 2. The Morgan fingerprint density at radius 1 is 0.908 bits per heavy atom. The zero-order valence-corrected chi connectivity index (χ0v) is 44.9. The molecule has 6 aliphatic carbocycles. The van der Waals surface area contributed by atoms with Crippen molar-refractivity contribution in [3.63, 3.8) is 0 Å². The van der Waals surface area contributed by atoms with Crippen molar-refractivity contribution >= 4 is 17.7 Å². The Bertz CT molecular complexity index is 2650. The molecule has 76 heavy (non-hydrogen) atoms. The first kappa shape index (κ1) is 50.6. The molecule has 14 rings (SSSR count). The smallest absolute Gasteiger partial charge is 0.339 e. The first-order valence-corrected chi connectivity index (χ1v) is 29.7. The van der Waals surface area contributed by atoms with Crippen LogP contribution in [0.4, 0.5) is 0 Å². The number of nitrogens with zero attached hydrogens (tertiary/aromatic N) is 1. The summed E-state index contributed by atoms with van der Waals surface area (Å²) in [5.74, 6) is -1.31. The molecule has 6 aliphatic heterocycles. The number of carbonyl (C=O) groups excluding carboxylic acids is 3. The van der Waals surface area contributed by atoms with Crippen LogP contribution >= 0.6 is 0 Å².